The molecule has 0 aromatic rings. The number of alkyl halides is 1. The molecule has 0 bridgehead atoms. The highest BCUT2D eigenvalue weighted by Gasteiger charge is 2.27. The van der Waals surface area contributed by atoms with Gasteiger partial charge in [0.2, 0.25) is 0 Å². The molecule has 1 saturated carbocycles. The van der Waals surface area contributed by atoms with Crippen molar-refractivity contribution < 1.29 is 0 Å². The fourth-order valence-corrected chi connectivity index (χ4v) is 2.64. The Kier molecular flexibility index (Phi) is 3.89. The van der Waals surface area contributed by atoms with Crippen molar-refractivity contribution in [3.05, 3.63) is 0 Å². The predicted molar refractivity (Wildman–Crippen MR) is 55.6 cm³/mol. The summed E-state index contributed by atoms with van der Waals surface area (Å²) in [5.41, 5.74) is 0. The lowest BCUT2D eigenvalue weighted by atomic mass is 9.78. The van der Waals surface area contributed by atoms with Crippen molar-refractivity contribution >= 4 is 11.6 Å². The lowest BCUT2D eigenvalue weighted by Gasteiger charge is -2.32. The van der Waals surface area contributed by atoms with E-state index in [-0.39, 0.29) is 0 Å². The minimum atomic E-state index is 0.462. The van der Waals surface area contributed by atoms with E-state index in [0.29, 0.717) is 5.38 Å². The molecule has 1 aliphatic rings. The Morgan fingerprint density at radius 1 is 1.33 bits per heavy atom. The van der Waals surface area contributed by atoms with Gasteiger partial charge in [0, 0.05) is 5.38 Å². The molecule has 1 aliphatic carbocycles. The third kappa shape index (κ3) is 2.97. The average molecular weight is 189 g/mol. The van der Waals surface area contributed by atoms with Gasteiger partial charge in [-0.1, -0.05) is 20.8 Å². The molecule has 0 aliphatic heterocycles. The standard InChI is InChI=1S/C11H21Cl/c1-8(2)6-10-7-9(3)4-5-11(10)12/h8-11H,4-7H2,1-3H3. The van der Waals surface area contributed by atoms with Gasteiger partial charge in [0.15, 0.2) is 0 Å². The van der Waals surface area contributed by atoms with E-state index in [1.165, 1.54) is 25.7 Å². The van der Waals surface area contributed by atoms with Crippen LogP contribution in [0.3, 0.4) is 0 Å². The van der Waals surface area contributed by atoms with Crippen LogP contribution in [0.4, 0.5) is 0 Å². The van der Waals surface area contributed by atoms with Crippen LogP contribution in [0.5, 0.6) is 0 Å². The molecule has 0 radical (unpaired) electrons. The van der Waals surface area contributed by atoms with Gasteiger partial charge in [-0.15, -0.1) is 11.6 Å². The first-order chi connectivity index (χ1) is 5.59. The summed E-state index contributed by atoms with van der Waals surface area (Å²) in [4.78, 5) is 0. The van der Waals surface area contributed by atoms with E-state index in [2.05, 4.69) is 20.8 Å². The summed E-state index contributed by atoms with van der Waals surface area (Å²) in [6.07, 6.45) is 5.24. The first-order valence-corrected chi connectivity index (χ1v) is 5.67. The van der Waals surface area contributed by atoms with E-state index in [1.807, 2.05) is 0 Å². The van der Waals surface area contributed by atoms with Crippen molar-refractivity contribution in [1.82, 2.24) is 0 Å². The molecule has 0 amide bonds. The molecule has 12 heavy (non-hydrogen) atoms. The Labute approximate surface area is 81.7 Å². The SMILES string of the molecule is CC(C)CC1CC(C)CCC1Cl. The molecule has 3 unspecified atom stereocenters. The Morgan fingerprint density at radius 3 is 2.58 bits per heavy atom. The maximum Gasteiger partial charge on any atom is 0.0364 e. The van der Waals surface area contributed by atoms with Crippen LogP contribution in [0.2, 0.25) is 0 Å². The predicted octanol–water partition coefficient (Wildman–Crippen LogP) is 4.08. The van der Waals surface area contributed by atoms with Gasteiger partial charge in [-0.3, -0.25) is 0 Å². The molecular weight excluding hydrogens is 168 g/mol. The van der Waals surface area contributed by atoms with Crippen molar-refractivity contribution in [2.75, 3.05) is 0 Å². The average Bonchev–Trinajstić information content (AvgIpc) is 1.96. The molecule has 1 rings (SSSR count). The largest absolute Gasteiger partial charge is 0.123 e. The number of halogens is 1. The first kappa shape index (κ1) is 10.4. The minimum absolute atomic E-state index is 0.462. The summed E-state index contributed by atoms with van der Waals surface area (Å²) in [6.45, 7) is 6.95. The van der Waals surface area contributed by atoms with Gasteiger partial charge < -0.3 is 0 Å². The Bertz CT molecular complexity index is 129. The molecule has 1 fully saturated rings. The maximum atomic E-state index is 6.29. The van der Waals surface area contributed by atoms with Crippen molar-refractivity contribution in [1.29, 1.82) is 0 Å². The van der Waals surface area contributed by atoms with Gasteiger partial charge in [-0.2, -0.15) is 0 Å². The van der Waals surface area contributed by atoms with E-state index < -0.39 is 0 Å². The van der Waals surface area contributed by atoms with Crippen molar-refractivity contribution in [2.45, 2.75) is 51.8 Å². The zero-order valence-electron chi connectivity index (χ0n) is 8.52. The van der Waals surface area contributed by atoms with Gasteiger partial charge in [0.1, 0.15) is 0 Å². The molecule has 0 N–H and O–H groups in total. The van der Waals surface area contributed by atoms with Crippen LogP contribution < -0.4 is 0 Å². The summed E-state index contributed by atoms with van der Waals surface area (Å²) < 4.78 is 0. The zero-order valence-corrected chi connectivity index (χ0v) is 9.27. The Balaban J connectivity index is 2.38. The molecule has 1 heteroatoms. The van der Waals surface area contributed by atoms with Gasteiger partial charge >= 0.3 is 0 Å². The van der Waals surface area contributed by atoms with Crippen LogP contribution in [0.1, 0.15) is 46.5 Å². The van der Waals surface area contributed by atoms with Gasteiger partial charge in [-0.05, 0) is 43.4 Å². The van der Waals surface area contributed by atoms with Crippen LogP contribution in [0, 0.1) is 17.8 Å². The quantitative estimate of drug-likeness (QED) is 0.573. The number of rotatable bonds is 2. The van der Waals surface area contributed by atoms with Gasteiger partial charge in [0.05, 0.1) is 0 Å². The van der Waals surface area contributed by atoms with Crippen LogP contribution in [-0.4, -0.2) is 5.38 Å². The summed E-state index contributed by atoms with van der Waals surface area (Å²) in [5, 5.41) is 0.462. The summed E-state index contributed by atoms with van der Waals surface area (Å²) in [5.74, 6) is 2.50. The molecule has 0 nitrogen and oxygen atoms in total. The molecule has 0 saturated heterocycles. The third-order valence-corrected chi connectivity index (χ3v) is 3.50. The fraction of sp³-hybridized carbons (Fsp3) is 1.00. The molecule has 0 heterocycles. The van der Waals surface area contributed by atoms with E-state index >= 15 is 0 Å². The lowest BCUT2D eigenvalue weighted by molar-refractivity contribution is 0.254. The van der Waals surface area contributed by atoms with E-state index in [1.54, 1.807) is 0 Å². The van der Waals surface area contributed by atoms with Crippen LogP contribution >= 0.6 is 11.6 Å². The zero-order chi connectivity index (χ0) is 9.14. The van der Waals surface area contributed by atoms with Crippen molar-refractivity contribution in [2.24, 2.45) is 17.8 Å². The van der Waals surface area contributed by atoms with Gasteiger partial charge in [0.25, 0.3) is 0 Å². The second-order valence-electron chi connectivity index (χ2n) is 4.82. The molecular formula is C11H21Cl. The number of hydrogen-bond donors (Lipinski definition) is 0. The van der Waals surface area contributed by atoms with E-state index in [4.69, 9.17) is 11.6 Å². The lowest BCUT2D eigenvalue weighted by Crippen LogP contribution is -2.25. The third-order valence-electron chi connectivity index (χ3n) is 2.93. The van der Waals surface area contributed by atoms with Crippen molar-refractivity contribution in [3.8, 4) is 0 Å². The summed E-state index contributed by atoms with van der Waals surface area (Å²) in [6, 6.07) is 0. The smallest absolute Gasteiger partial charge is 0.0364 e. The second kappa shape index (κ2) is 4.50. The second-order valence-corrected chi connectivity index (χ2v) is 5.38. The summed E-state index contributed by atoms with van der Waals surface area (Å²) >= 11 is 6.29. The monoisotopic (exact) mass is 188 g/mol. The van der Waals surface area contributed by atoms with Crippen LogP contribution in [0.25, 0.3) is 0 Å². The molecule has 72 valence electrons. The normalized spacial score (nSPS) is 37.2. The Morgan fingerprint density at radius 2 is 2.00 bits per heavy atom. The molecule has 3 atom stereocenters. The maximum absolute atomic E-state index is 6.29. The highest BCUT2D eigenvalue weighted by Crippen LogP contribution is 2.35. The highest BCUT2D eigenvalue weighted by molar-refractivity contribution is 6.20. The molecule has 0 spiro atoms. The van der Waals surface area contributed by atoms with Crippen molar-refractivity contribution in [3.63, 3.8) is 0 Å². The van der Waals surface area contributed by atoms with Gasteiger partial charge in [-0.25, -0.2) is 0 Å². The van der Waals surface area contributed by atoms with E-state index in [9.17, 15) is 0 Å². The molecule has 0 aromatic heterocycles. The summed E-state index contributed by atoms with van der Waals surface area (Å²) in [7, 11) is 0. The topological polar surface area (TPSA) is 0 Å². The highest BCUT2D eigenvalue weighted by atomic mass is 35.5. The number of hydrogen-bond acceptors (Lipinski definition) is 0. The van der Waals surface area contributed by atoms with E-state index in [0.717, 1.165) is 17.8 Å². The fourth-order valence-electron chi connectivity index (χ4n) is 2.31. The van der Waals surface area contributed by atoms with Crippen LogP contribution in [-0.2, 0) is 0 Å². The molecule has 0 aromatic carbocycles. The van der Waals surface area contributed by atoms with Crippen LogP contribution in [0.15, 0.2) is 0 Å². The minimum Gasteiger partial charge on any atom is -0.123 e. The first-order valence-electron chi connectivity index (χ1n) is 5.23. The Hall–Kier alpha value is 0.290.